The maximum Gasteiger partial charge on any atom is 0.179 e. The lowest BCUT2D eigenvalue weighted by Crippen LogP contribution is -2.04. The number of carbonyl (C=O) groups is 1. The smallest absolute Gasteiger partial charge is 0.179 e. The van der Waals surface area contributed by atoms with Crippen molar-refractivity contribution in [2.75, 3.05) is 0 Å². The van der Waals surface area contributed by atoms with E-state index in [-0.39, 0.29) is 11.5 Å². The first kappa shape index (κ1) is 22.9. The van der Waals surface area contributed by atoms with E-state index in [4.69, 9.17) is 10.00 Å². The highest BCUT2D eigenvalue weighted by Crippen LogP contribution is 2.29. The molecule has 3 rings (SSSR count). The number of Topliss-reactive ketones (excluding diaryl/α,β-unsaturated/α-hetero) is 1. The minimum atomic E-state index is -0.153. The van der Waals surface area contributed by atoms with Crippen LogP contribution in [0, 0.1) is 11.3 Å². The average Bonchev–Trinajstić information content (AvgIpc) is 3.22. The minimum absolute atomic E-state index is 0.0592. The Morgan fingerprint density at radius 1 is 1.22 bits per heavy atom. The van der Waals surface area contributed by atoms with Crippen LogP contribution in [0.1, 0.15) is 66.0 Å². The first-order chi connectivity index (χ1) is 15.5. The molecule has 0 saturated carbocycles. The second-order valence-electron chi connectivity index (χ2n) is 7.58. The fraction of sp³-hybridized carbons (Fsp3) is 0.375. The third kappa shape index (κ3) is 5.91. The van der Waals surface area contributed by atoms with Crippen LogP contribution in [0.15, 0.2) is 36.4 Å². The van der Waals surface area contributed by atoms with Gasteiger partial charge in [0.25, 0.3) is 0 Å². The molecule has 0 atom stereocenters. The molecule has 8 heteroatoms. The molecule has 2 aromatic carbocycles. The third-order valence-electron chi connectivity index (χ3n) is 5.08. The number of ketones is 1. The van der Waals surface area contributed by atoms with Gasteiger partial charge in [0.2, 0.25) is 0 Å². The Balaban J connectivity index is 1.61. The summed E-state index contributed by atoms with van der Waals surface area (Å²) in [6.07, 6.45) is 3.26. The van der Waals surface area contributed by atoms with Gasteiger partial charge in [-0.1, -0.05) is 31.5 Å². The van der Waals surface area contributed by atoms with E-state index in [1.54, 1.807) is 6.07 Å². The molecule has 166 valence electrons. The van der Waals surface area contributed by atoms with Crippen molar-refractivity contribution in [3.05, 3.63) is 64.5 Å². The minimum Gasteiger partial charge on any atom is -0.507 e. The number of hydrogen-bond donors (Lipinski definition) is 1. The molecule has 32 heavy (non-hydrogen) atoms. The Bertz CT molecular complexity index is 1100. The largest absolute Gasteiger partial charge is 0.507 e. The van der Waals surface area contributed by atoms with Crippen LogP contribution in [0.3, 0.4) is 0 Å². The Morgan fingerprint density at radius 3 is 2.69 bits per heavy atom. The zero-order valence-corrected chi connectivity index (χ0v) is 18.4. The van der Waals surface area contributed by atoms with Gasteiger partial charge in [-0.2, -0.15) is 10.1 Å². The normalized spacial score (nSPS) is 10.7. The number of aromatic nitrogens is 4. The summed E-state index contributed by atoms with van der Waals surface area (Å²) in [6, 6.07) is 13.3. The number of phenolic OH excluding ortho intramolecular Hbond substituents is 1. The van der Waals surface area contributed by atoms with Gasteiger partial charge in [-0.05, 0) is 54.3 Å². The lowest BCUT2D eigenvalue weighted by Gasteiger charge is -2.14. The Hall–Kier alpha value is -3.73. The molecule has 0 unspecified atom stereocenters. The third-order valence-corrected chi connectivity index (χ3v) is 5.08. The predicted molar refractivity (Wildman–Crippen MR) is 118 cm³/mol. The van der Waals surface area contributed by atoms with Crippen molar-refractivity contribution in [3.8, 4) is 17.6 Å². The molecule has 0 fully saturated rings. The van der Waals surface area contributed by atoms with Gasteiger partial charge < -0.3 is 9.84 Å². The zero-order chi connectivity index (χ0) is 22.9. The van der Waals surface area contributed by atoms with Gasteiger partial charge in [-0.25, -0.2) is 0 Å². The van der Waals surface area contributed by atoms with E-state index in [0.717, 1.165) is 23.1 Å². The highest BCUT2D eigenvalue weighted by atomic mass is 16.5. The molecule has 1 heterocycles. The number of rotatable bonds is 11. The molecule has 0 aliphatic heterocycles. The fourth-order valence-corrected chi connectivity index (χ4v) is 3.42. The Kier molecular flexibility index (Phi) is 7.92. The number of carbonyl (C=O) groups excluding carboxylic acids is 1. The molecule has 0 spiro atoms. The maximum absolute atomic E-state index is 11.7. The molecule has 0 aliphatic carbocycles. The first-order valence-corrected chi connectivity index (χ1v) is 10.7. The van der Waals surface area contributed by atoms with Crippen molar-refractivity contribution in [1.82, 2.24) is 20.2 Å². The lowest BCUT2D eigenvalue weighted by molar-refractivity contribution is 0.101. The molecule has 3 aromatic rings. The summed E-state index contributed by atoms with van der Waals surface area (Å²) >= 11 is 0. The van der Waals surface area contributed by atoms with Gasteiger partial charge in [0.15, 0.2) is 11.6 Å². The van der Waals surface area contributed by atoms with Crippen molar-refractivity contribution < 1.29 is 14.6 Å². The number of nitriles is 1. The molecule has 8 nitrogen and oxygen atoms in total. The molecule has 0 bridgehead atoms. The molecular formula is C24H27N5O3. The van der Waals surface area contributed by atoms with E-state index in [2.05, 4.69) is 21.5 Å². The van der Waals surface area contributed by atoms with Crippen molar-refractivity contribution in [2.24, 2.45) is 0 Å². The summed E-state index contributed by atoms with van der Waals surface area (Å²) in [5, 5.41) is 31.5. The molecule has 1 aromatic heterocycles. The summed E-state index contributed by atoms with van der Waals surface area (Å²) in [6.45, 7) is 4.37. The standard InChI is InChI=1S/C24H27N5O3/c1-3-6-22-19(9-12-21(17(2)30)24(22)31)16-32-20-10-7-18(8-11-20)15-23-26-28-29(27-23)14-5-4-13-25/h7-12,31H,3-6,14-16H2,1-2H3. The summed E-state index contributed by atoms with van der Waals surface area (Å²) in [5.74, 6) is 1.24. The molecule has 1 N–H and O–H groups in total. The lowest BCUT2D eigenvalue weighted by atomic mass is 9.97. The van der Waals surface area contributed by atoms with Gasteiger partial charge in [0, 0.05) is 18.4 Å². The van der Waals surface area contributed by atoms with E-state index < -0.39 is 0 Å². The van der Waals surface area contributed by atoms with Crippen molar-refractivity contribution >= 4 is 5.78 Å². The molecule has 0 aliphatic rings. The number of tetrazole rings is 1. The molecular weight excluding hydrogens is 406 g/mol. The number of ether oxygens (including phenoxy) is 1. The number of benzene rings is 2. The van der Waals surface area contributed by atoms with Crippen LogP contribution < -0.4 is 4.74 Å². The number of hydrogen-bond acceptors (Lipinski definition) is 7. The highest BCUT2D eigenvalue weighted by Gasteiger charge is 2.15. The average molecular weight is 434 g/mol. The van der Waals surface area contributed by atoms with Crippen LogP contribution in [0.4, 0.5) is 0 Å². The monoisotopic (exact) mass is 433 g/mol. The van der Waals surface area contributed by atoms with E-state index >= 15 is 0 Å². The van der Waals surface area contributed by atoms with Crippen LogP contribution in [0.5, 0.6) is 11.5 Å². The van der Waals surface area contributed by atoms with Crippen LogP contribution >= 0.6 is 0 Å². The summed E-state index contributed by atoms with van der Waals surface area (Å²) < 4.78 is 5.93. The fourth-order valence-electron chi connectivity index (χ4n) is 3.42. The van der Waals surface area contributed by atoms with Crippen molar-refractivity contribution in [1.29, 1.82) is 5.26 Å². The van der Waals surface area contributed by atoms with Crippen LogP contribution in [0.2, 0.25) is 0 Å². The number of aryl methyl sites for hydroxylation is 1. The number of nitrogens with zero attached hydrogens (tertiary/aromatic N) is 5. The Labute approximate surface area is 187 Å². The SMILES string of the molecule is CCCc1c(COc2ccc(Cc3nnn(CCCC#N)n3)cc2)ccc(C(C)=O)c1O. The number of aromatic hydroxyl groups is 1. The van der Waals surface area contributed by atoms with E-state index in [9.17, 15) is 9.90 Å². The molecule has 0 saturated heterocycles. The Morgan fingerprint density at radius 2 is 2.00 bits per heavy atom. The van der Waals surface area contributed by atoms with Gasteiger partial charge in [-0.15, -0.1) is 10.2 Å². The van der Waals surface area contributed by atoms with Gasteiger partial charge in [-0.3, -0.25) is 4.79 Å². The summed E-state index contributed by atoms with van der Waals surface area (Å²) in [4.78, 5) is 13.2. The topological polar surface area (TPSA) is 114 Å². The zero-order valence-electron chi connectivity index (χ0n) is 18.4. The van der Waals surface area contributed by atoms with Gasteiger partial charge >= 0.3 is 0 Å². The van der Waals surface area contributed by atoms with Gasteiger partial charge in [0.1, 0.15) is 18.1 Å². The summed E-state index contributed by atoms with van der Waals surface area (Å²) in [5.41, 5.74) is 3.01. The first-order valence-electron chi connectivity index (χ1n) is 10.7. The molecule has 0 radical (unpaired) electrons. The van der Waals surface area contributed by atoms with Crippen molar-refractivity contribution in [2.45, 2.75) is 59.1 Å². The van der Waals surface area contributed by atoms with E-state index in [0.29, 0.717) is 56.0 Å². The van der Waals surface area contributed by atoms with E-state index in [1.807, 2.05) is 37.3 Å². The maximum atomic E-state index is 11.7. The van der Waals surface area contributed by atoms with Crippen molar-refractivity contribution in [3.63, 3.8) is 0 Å². The highest BCUT2D eigenvalue weighted by molar-refractivity contribution is 5.97. The van der Waals surface area contributed by atoms with Crippen LogP contribution in [-0.4, -0.2) is 31.1 Å². The van der Waals surface area contributed by atoms with Crippen LogP contribution in [0.25, 0.3) is 0 Å². The number of phenols is 1. The summed E-state index contributed by atoms with van der Waals surface area (Å²) in [7, 11) is 0. The second-order valence-corrected chi connectivity index (χ2v) is 7.58. The van der Waals surface area contributed by atoms with Gasteiger partial charge in [0.05, 0.1) is 18.2 Å². The molecule has 0 amide bonds. The quantitative estimate of drug-likeness (QED) is 0.359. The number of unbranched alkanes of at least 4 members (excludes halogenated alkanes) is 1. The predicted octanol–water partition coefficient (Wildman–Crippen LogP) is 4.01. The van der Waals surface area contributed by atoms with E-state index in [1.165, 1.54) is 11.7 Å². The second kappa shape index (κ2) is 11.0. The van der Waals surface area contributed by atoms with Crippen LogP contribution in [-0.2, 0) is 26.0 Å².